The zero-order chi connectivity index (χ0) is 12.5. The molecule has 0 radical (unpaired) electrons. The smallest absolute Gasteiger partial charge is 0.180 e. The minimum atomic E-state index is -3.42. The molecule has 5 nitrogen and oxygen atoms in total. The van der Waals surface area contributed by atoms with Crippen molar-refractivity contribution in [2.24, 2.45) is 0 Å². The molecule has 2 N–H and O–H groups in total. The first-order chi connectivity index (χ1) is 7.32. The molecule has 0 aliphatic rings. The van der Waals surface area contributed by atoms with Crippen molar-refractivity contribution >= 4 is 31.9 Å². The Morgan fingerprint density at radius 1 is 1.56 bits per heavy atom. The lowest BCUT2D eigenvalue weighted by Gasteiger charge is -2.15. The minimum absolute atomic E-state index is 0.0605. The van der Waals surface area contributed by atoms with Crippen molar-refractivity contribution in [1.29, 1.82) is 5.26 Å². The van der Waals surface area contributed by atoms with Crippen molar-refractivity contribution in [3.63, 3.8) is 0 Å². The second kappa shape index (κ2) is 4.31. The third kappa shape index (κ3) is 2.13. The van der Waals surface area contributed by atoms with Gasteiger partial charge in [0.25, 0.3) is 0 Å². The summed E-state index contributed by atoms with van der Waals surface area (Å²) in [5.41, 5.74) is 5.74. The van der Waals surface area contributed by atoms with Gasteiger partial charge in [-0.1, -0.05) is 0 Å². The van der Waals surface area contributed by atoms with E-state index in [4.69, 9.17) is 11.0 Å². The van der Waals surface area contributed by atoms with Gasteiger partial charge in [-0.15, -0.1) is 11.3 Å². The number of hydrogen-bond acceptors (Lipinski definition) is 6. The molecule has 0 unspecified atom stereocenters. The van der Waals surface area contributed by atoms with Crippen LogP contribution in [0.5, 0.6) is 0 Å². The van der Waals surface area contributed by atoms with Gasteiger partial charge in [-0.25, -0.2) is 8.42 Å². The van der Waals surface area contributed by atoms with E-state index in [1.807, 2.05) is 13.0 Å². The van der Waals surface area contributed by atoms with E-state index in [1.165, 1.54) is 0 Å². The number of sulfone groups is 1. The Morgan fingerprint density at radius 3 is 2.50 bits per heavy atom. The van der Waals surface area contributed by atoms with Crippen LogP contribution in [0, 0.1) is 11.3 Å². The number of anilines is 2. The summed E-state index contributed by atoms with van der Waals surface area (Å²) in [7, 11) is -1.65. The summed E-state index contributed by atoms with van der Waals surface area (Å²) >= 11 is 1.11. The lowest BCUT2D eigenvalue weighted by atomic mass is 10.4. The summed E-state index contributed by atoms with van der Waals surface area (Å²) in [6.45, 7) is 2.54. The Kier molecular flexibility index (Phi) is 3.45. The largest absolute Gasteiger partial charge is 0.396 e. The second-order valence-corrected chi connectivity index (χ2v) is 6.33. The highest BCUT2D eigenvalue weighted by Gasteiger charge is 2.25. The van der Waals surface area contributed by atoms with Crippen LogP contribution in [0.4, 0.5) is 10.7 Å². The molecular formula is C9H13N3O2S2. The first-order valence-corrected chi connectivity index (χ1v) is 7.27. The number of hydrogen-bond donors (Lipinski definition) is 1. The van der Waals surface area contributed by atoms with Crippen LogP contribution in [0.2, 0.25) is 0 Å². The molecule has 1 aromatic heterocycles. The summed E-state index contributed by atoms with van der Waals surface area (Å²) < 4.78 is 23.2. The lowest BCUT2D eigenvalue weighted by Crippen LogP contribution is -2.17. The molecule has 0 amide bonds. The van der Waals surface area contributed by atoms with Gasteiger partial charge >= 0.3 is 0 Å². The summed E-state index contributed by atoms with van der Waals surface area (Å²) in [6, 6.07) is 1.91. The van der Waals surface area contributed by atoms with E-state index >= 15 is 0 Å². The van der Waals surface area contributed by atoms with E-state index in [-0.39, 0.29) is 15.5 Å². The number of rotatable bonds is 3. The van der Waals surface area contributed by atoms with Gasteiger partial charge in [0.15, 0.2) is 9.84 Å². The Bertz CT molecular complexity index is 540. The standard InChI is InChI=1S/C9H13N3O2S2/c1-4-12(2)9-8(16(3,13)14)7(11)6(5-10)15-9/h4,11H2,1-3H3. The highest BCUT2D eigenvalue weighted by molar-refractivity contribution is 7.91. The Labute approximate surface area is 99.0 Å². The molecule has 0 aromatic carbocycles. The number of thiophene rings is 1. The summed E-state index contributed by atoms with van der Waals surface area (Å²) in [4.78, 5) is 2.08. The maximum absolute atomic E-state index is 11.6. The SMILES string of the molecule is CCN(C)c1sc(C#N)c(N)c1S(C)(=O)=O. The number of nitriles is 1. The Balaban J connectivity index is 3.57. The topological polar surface area (TPSA) is 87.2 Å². The fraction of sp³-hybridized carbons (Fsp3) is 0.444. The van der Waals surface area contributed by atoms with Gasteiger partial charge in [0.2, 0.25) is 0 Å². The van der Waals surface area contributed by atoms with Crippen molar-refractivity contribution in [3.8, 4) is 6.07 Å². The Hall–Kier alpha value is -1.26. The lowest BCUT2D eigenvalue weighted by molar-refractivity contribution is 0.602. The molecule has 0 aliphatic carbocycles. The van der Waals surface area contributed by atoms with Crippen LogP contribution in [0.3, 0.4) is 0 Å². The first-order valence-electron chi connectivity index (χ1n) is 4.56. The van der Waals surface area contributed by atoms with Crippen molar-refractivity contribution in [2.75, 3.05) is 30.5 Å². The third-order valence-electron chi connectivity index (χ3n) is 2.18. The predicted octanol–water partition coefficient (Wildman–Crippen LogP) is 1.06. The van der Waals surface area contributed by atoms with Gasteiger partial charge in [-0.2, -0.15) is 5.26 Å². The van der Waals surface area contributed by atoms with E-state index < -0.39 is 9.84 Å². The molecule has 1 aromatic rings. The van der Waals surface area contributed by atoms with Crippen molar-refractivity contribution in [1.82, 2.24) is 0 Å². The van der Waals surface area contributed by atoms with Gasteiger partial charge in [0.05, 0.1) is 5.69 Å². The summed E-state index contributed by atoms with van der Waals surface area (Å²) in [5, 5.41) is 9.37. The zero-order valence-electron chi connectivity index (χ0n) is 9.31. The number of nitrogens with zero attached hydrogens (tertiary/aromatic N) is 2. The molecule has 0 saturated heterocycles. The van der Waals surface area contributed by atoms with E-state index in [1.54, 1.807) is 11.9 Å². The number of nitrogen functional groups attached to an aromatic ring is 1. The fourth-order valence-electron chi connectivity index (χ4n) is 1.25. The average molecular weight is 259 g/mol. The second-order valence-electron chi connectivity index (χ2n) is 3.38. The van der Waals surface area contributed by atoms with Crippen molar-refractivity contribution in [3.05, 3.63) is 4.88 Å². The Morgan fingerprint density at radius 2 is 2.12 bits per heavy atom. The molecule has 16 heavy (non-hydrogen) atoms. The van der Waals surface area contributed by atoms with Gasteiger partial charge in [-0.3, -0.25) is 0 Å². The van der Waals surface area contributed by atoms with Crippen LogP contribution >= 0.6 is 11.3 Å². The molecular weight excluding hydrogens is 246 g/mol. The maximum Gasteiger partial charge on any atom is 0.180 e. The van der Waals surface area contributed by atoms with E-state index in [0.29, 0.717) is 11.5 Å². The van der Waals surface area contributed by atoms with Crippen molar-refractivity contribution < 1.29 is 8.42 Å². The maximum atomic E-state index is 11.6. The van der Waals surface area contributed by atoms with Gasteiger partial charge in [-0.05, 0) is 6.92 Å². The molecule has 0 saturated carbocycles. The van der Waals surface area contributed by atoms with Gasteiger partial charge < -0.3 is 10.6 Å². The average Bonchev–Trinajstić information content (AvgIpc) is 2.53. The zero-order valence-corrected chi connectivity index (χ0v) is 10.9. The normalized spacial score (nSPS) is 11.1. The monoisotopic (exact) mass is 259 g/mol. The summed E-state index contributed by atoms with van der Waals surface area (Å²) in [6.07, 6.45) is 1.10. The number of nitrogens with two attached hydrogens (primary N) is 1. The first kappa shape index (κ1) is 12.8. The molecule has 88 valence electrons. The van der Waals surface area contributed by atoms with E-state index in [2.05, 4.69) is 0 Å². The molecule has 1 rings (SSSR count). The van der Waals surface area contributed by atoms with Crippen LogP contribution in [0.25, 0.3) is 0 Å². The summed E-state index contributed by atoms with van der Waals surface area (Å²) in [5.74, 6) is 0. The van der Waals surface area contributed by atoms with E-state index in [9.17, 15) is 8.42 Å². The highest BCUT2D eigenvalue weighted by Crippen LogP contribution is 2.40. The molecule has 1 heterocycles. The predicted molar refractivity (Wildman–Crippen MR) is 65.5 cm³/mol. The van der Waals surface area contributed by atoms with Crippen molar-refractivity contribution in [2.45, 2.75) is 11.8 Å². The van der Waals surface area contributed by atoms with E-state index in [0.717, 1.165) is 17.6 Å². The highest BCUT2D eigenvalue weighted by atomic mass is 32.2. The van der Waals surface area contributed by atoms with Crippen LogP contribution in [0.1, 0.15) is 11.8 Å². The molecule has 0 bridgehead atoms. The quantitative estimate of drug-likeness (QED) is 0.877. The van der Waals surface area contributed by atoms with Gasteiger partial charge in [0, 0.05) is 19.8 Å². The van der Waals surface area contributed by atoms with Crippen LogP contribution in [-0.2, 0) is 9.84 Å². The van der Waals surface area contributed by atoms with Gasteiger partial charge in [0.1, 0.15) is 20.8 Å². The molecule has 0 fully saturated rings. The molecule has 0 atom stereocenters. The van der Waals surface area contributed by atoms with Crippen LogP contribution in [-0.4, -0.2) is 28.3 Å². The molecule has 0 aliphatic heterocycles. The minimum Gasteiger partial charge on any atom is -0.396 e. The molecule has 0 spiro atoms. The van der Waals surface area contributed by atoms with Crippen LogP contribution < -0.4 is 10.6 Å². The molecule has 7 heteroatoms. The van der Waals surface area contributed by atoms with Crippen LogP contribution in [0.15, 0.2) is 4.90 Å². The fourth-order valence-corrected chi connectivity index (χ4v) is 3.81. The third-order valence-corrected chi connectivity index (χ3v) is 4.68.